The highest BCUT2D eigenvalue weighted by atomic mass is 15.2. The average Bonchev–Trinajstić information content (AvgIpc) is 2.81. The zero-order valence-corrected chi connectivity index (χ0v) is 10.5. The van der Waals surface area contributed by atoms with Crippen molar-refractivity contribution in [2.75, 3.05) is 19.6 Å². The number of hydrogen-bond donors (Lipinski definition) is 1. The van der Waals surface area contributed by atoms with Crippen LogP contribution in [-0.4, -0.2) is 30.1 Å². The Hall–Kier alpha value is -0.860. The van der Waals surface area contributed by atoms with Crippen molar-refractivity contribution in [3.8, 4) is 0 Å². The van der Waals surface area contributed by atoms with Gasteiger partial charge in [-0.05, 0) is 56.3 Å². The lowest BCUT2D eigenvalue weighted by Gasteiger charge is -2.37. The predicted molar refractivity (Wildman–Crippen MR) is 71.1 cm³/mol. The first-order valence-corrected chi connectivity index (χ1v) is 6.83. The molecule has 1 saturated heterocycles. The minimum Gasteiger partial charge on any atom is -0.324 e. The summed E-state index contributed by atoms with van der Waals surface area (Å²) >= 11 is 0. The van der Waals surface area contributed by atoms with Crippen LogP contribution in [0.2, 0.25) is 0 Å². The number of hydrogen-bond acceptors (Lipinski definition) is 2. The molecule has 0 spiro atoms. The van der Waals surface area contributed by atoms with Crippen LogP contribution < -0.4 is 5.73 Å². The van der Waals surface area contributed by atoms with Crippen LogP contribution in [0.15, 0.2) is 24.3 Å². The van der Waals surface area contributed by atoms with Gasteiger partial charge in [0.05, 0.1) is 0 Å². The second kappa shape index (κ2) is 4.43. The van der Waals surface area contributed by atoms with E-state index < -0.39 is 0 Å². The van der Waals surface area contributed by atoms with E-state index in [0.29, 0.717) is 0 Å². The van der Waals surface area contributed by atoms with Gasteiger partial charge in [0.1, 0.15) is 0 Å². The van der Waals surface area contributed by atoms with Crippen LogP contribution in [-0.2, 0) is 12.8 Å². The standard InChI is InChI=1S/C15H22N2/c16-15(12-17-9-3-4-10-17)8-7-13-5-1-2-6-14(13)11-15/h1-2,5-6H,3-4,7-12,16H2/t15-/m0/s1. The molecule has 2 N–H and O–H groups in total. The highest BCUT2D eigenvalue weighted by Crippen LogP contribution is 2.28. The molecule has 92 valence electrons. The number of nitrogens with zero attached hydrogens (tertiary/aromatic N) is 1. The largest absolute Gasteiger partial charge is 0.324 e. The third-order valence-electron chi connectivity index (χ3n) is 4.29. The summed E-state index contributed by atoms with van der Waals surface area (Å²) < 4.78 is 0. The molecule has 0 aromatic heterocycles. The van der Waals surface area contributed by atoms with Crippen LogP contribution in [0.4, 0.5) is 0 Å². The van der Waals surface area contributed by atoms with Crippen LogP contribution in [0.25, 0.3) is 0 Å². The zero-order valence-electron chi connectivity index (χ0n) is 10.5. The van der Waals surface area contributed by atoms with Crippen LogP contribution in [0, 0.1) is 0 Å². The first-order chi connectivity index (χ1) is 8.25. The molecular weight excluding hydrogens is 208 g/mol. The van der Waals surface area contributed by atoms with E-state index in [2.05, 4.69) is 29.2 Å². The SMILES string of the molecule is N[C@@]1(CN2CCCC2)CCc2ccccc2C1. The van der Waals surface area contributed by atoms with Gasteiger partial charge >= 0.3 is 0 Å². The molecule has 1 aromatic carbocycles. The summed E-state index contributed by atoms with van der Waals surface area (Å²) in [5.41, 5.74) is 9.61. The first-order valence-electron chi connectivity index (χ1n) is 6.83. The molecule has 2 aliphatic rings. The monoisotopic (exact) mass is 230 g/mol. The summed E-state index contributed by atoms with van der Waals surface area (Å²) in [6.07, 6.45) is 6.06. The molecule has 0 radical (unpaired) electrons. The molecule has 1 fully saturated rings. The number of rotatable bonds is 2. The normalized spacial score (nSPS) is 29.2. The van der Waals surface area contributed by atoms with Gasteiger partial charge < -0.3 is 10.6 Å². The van der Waals surface area contributed by atoms with E-state index >= 15 is 0 Å². The lowest BCUT2D eigenvalue weighted by atomic mass is 9.78. The molecule has 2 nitrogen and oxygen atoms in total. The van der Waals surface area contributed by atoms with Crippen LogP contribution in [0.1, 0.15) is 30.4 Å². The van der Waals surface area contributed by atoms with E-state index in [1.807, 2.05) is 0 Å². The summed E-state index contributed by atoms with van der Waals surface area (Å²) in [5.74, 6) is 0. The quantitative estimate of drug-likeness (QED) is 0.841. The molecule has 1 atom stereocenters. The summed E-state index contributed by atoms with van der Waals surface area (Å²) in [5, 5.41) is 0. The zero-order chi connectivity index (χ0) is 11.7. The maximum absolute atomic E-state index is 6.61. The average molecular weight is 230 g/mol. The topological polar surface area (TPSA) is 29.3 Å². The van der Waals surface area contributed by atoms with Crippen molar-refractivity contribution in [1.29, 1.82) is 0 Å². The van der Waals surface area contributed by atoms with Gasteiger partial charge in [-0.25, -0.2) is 0 Å². The molecule has 1 heterocycles. The third kappa shape index (κ3) is 2.38. The van der Waals surface area contributed by atoms with Crippen molar-refractivity contribution >= 4 is 0 Å². The molecule has 0 saturated carbocycles. The summed E-state index contributed by atoms with van der Waals surface area (Å²) in [6, 6.07) is 8.79. The predicted octanol–water partition coefficient (Wildman–Crippen LogP) is 1.97. The van der Waals surface area contributed by atoms with E-state index in [4.69, 9.17) is 5.73 Å². The van der Waals surface area contributed by atoms with Crippen molar-refractivity contribution in [3.05, 3.63) is 35.4 Å². The maximum atomic E-state index is 6.61. The van der Waals surface area contributed by atoms with Crippen molar-refractivity contribution in [2.24, 2.45) is 5.73 Å². The molecule has 0 unspecified atom stereocenters. The Labute approximate surface area is 104 Å². The fraction of sp³-hybridized carbons (Fsp3) is 0.600. The molecule has 1 aromatic rings. The van der Waals surface area contributed by atoms with Crippen molar-refractivity contribution in [1.82, 2.24) is 4.90 Å². The van der Waals surface area contributed by atoms with Crippen LogP contribution >= 0.6 is 0 Å². The van der Waals surface area contributed by atoms with E-state index in [9.17, 15) is 0 Å². The second-order valence-electron chi connectivity index (χ2n) is 5.79. The van der Waals surface area contributed by atoms with Gasteiger partial charge in [0, 0.05) is 12.1 Å². The minimum absolute atomic E-state index is 0.0126. The van der Waals surface area contributed by atoms with Crippen molar-refractivity contribution in [3.63, 3.8) is 0 Å². The van der Waals surface area contributed by atoms with Gasteiger partial charge in [-0.1, -0.05) is 24.3 Å². The Morgan fingerprint density at radius 1 is 1.12 bits per heavy atom. The van der Waals surface area contributed by atoms with Crippen LogP contribution in [0.3, 0.4) is 0 Å². The van der Waals surface area contributed by atoms with E-state index in [1.165, 1.54) is 37.1 Å². The van der Waals surface area contributed by atoms with Crippen LogP contribution in [0.5, 0.6) is 0 Å². The summed E-state index contributed by atoms with van der Waals surface area (Å²) in [4.78, 5) is 2.55. The van der Waals surface area contributed by atoms with Gasteiger partial charge in [-0.3, -0.25) is 0 Å². The van der Waals surface area contributed by atoms with E-state index in [1.54, 1.807) is 0 Å². The Morgan fingerprint density at radius 3 is 2.59 bits per heavy atom. The lowest BCUT2D eigenvalue weighted by molar-refractivity contribution is 0.227. The number of benzene rings is 1. The molecule has 3 rings (SSSR count). The first kappa shape index (κ1) is 11.2. The number of likely N-dealkylation sites (tertiary alicyclic amines) is 1. The third-order valence-corrected chi connectivity index (χ3v) is 4.29. The molecule has 2 heteroatoms. The number of fused-ring (bicyclic) bond motifs is 1. The molecule has 0 amide bonds. The van der Waals surface area contributed by atoms with E-state index in [-0.39, 0.29) is 5.54 Å². The van der Waals surface area contributed by atoms with E-state index in [0.717, 1.165) is 25.8 Å². The Balaban J connectivity index is 1.73. The molecule has 0 bridgehead atoms. The minimum atomic E-state index is 0.0126. The molecule has 1 aliphatic heterocycles. The van der Waals surface area contributed by atoms with Gasteiger partial charge in [0.2, 0.25) is 0 Å². The second-order valence-corrected chi connectivity index (χ2v) is 5.79. The summed E-state index contributed by atoms with van der Waals surface area (Å²) in [6.45, 7) is 3.59. The Bertz CT molecular complexity index is 396. The van der Waals surface area contributed by atoms with Gasteiger partial charge in [-0.2, -0.15) is 0 Å². The Kier molecular flexibility index (Phi) is 2.93. The van der Waals surface area contributed by atoms with Gasteiger partial charge in [0.25, 0.3) is 0 Å². The molecular formula is C15H22N2. The fourth-order valence-electron chi connectivity index (χ4n) is 3.35. The smallest absolute Gasteiger partial charge is 0.0327 e. The van der Waals surface area contributed by atoms with Gasteiger partial charge in [0.15, 0.2) is 0 Å². The highest BCUT2D eigenvalue weighted by molar-refractivity contribution is 5.32. The van der Waals surface area contributed by atoms with Crippen molar-refractivity contribution < 1.29 is 0 Å². The number of nitrogens with two attached hydrogens (primary N) is 1. The highest BCUT2D eigenvalue weighted by Gasteiger charge is 2.32. The summed E-state index contributed by atoms with van der Waals surface area (Å²) in [7, 11) is 0. The Morgan fingerprint density at radius 2 is 1.82 bits per heavy atom. The van der Waals surface area contributed by atoms with Crippen molar-refractivity contribution in [2.45, 2.75) is 37.6 Å². The fourth-order valence-corrected chi connectivity index (χ4v) is 3.35. The molecule has 17 heavy (non-hydrogen) atoms. The van der Waals surface area contributed by atoms with Gasteiger partial charge in [-0.15, -0.1) is 0 Å². The number of aryl methyl sites for hydroxylation is 1. The molecule has 1 aliphatic carbocycles. The lowest BCUT2D eigenvalue weighted by Crippen LogP contribution is -2.53. The maximum Gasteiger partial charge on any atom is 0.0327 e.